The van der Waals surface area contributed by atoms with E-state index in [9.17, 15) is 0 Å². The summed E-state index contributed by atoms with van der Waals surface area (Å²) in [6, 6.07) is 0. The second kappa shape index (κ2) is 25.7. The van der Waals surface area contributed by atoms with Crippen LogP contribution in [-0.4, -0.2) is 113 Å². The van der Waals surface area contributed by atoms with Crippen molar-refractivity contribution < 1.29 is 108 Å². The molecule has 0 fully saturated rings. The molecule has 0 aliphatic heterocycles. The van der Waals surface area contributed by atoms with Gasteiger partial charge < -0.3 is 19.2 Å². The third-order valence-corrected chi connectivity index (χ3v) is 0. The van der Waals surface area contributed by atoms with Crippen LogP contribution < -0.4 is 103 Å². The predicted molar refractivity (Wildman–Crippen MR) is 33.2 cm³/mol. The van der Waals surface area contributed by atoms with Crippen molar-refractivity contribution in [3.8, 4) is 0 Å². The third kappa shape index (κ3) is 78.9. The van der Waals surface area contributed by atoms with Crippen LogP contribution in [0.5, 0.6) is 0 Å². The zero-order chi connectivity index (χ0) is 4.50. The van der Waals surface area contributed by atoms with Crippen molar-refractivity contribution in [1.29, 1.82) is 0 Å². The molecule has 0 aliphatic carbocycles. The normalized spacial score (nSPS) is 5.36. The van der Waals surface area contributed by atoms with Crippen molar-refractivity contribution >= 4 is 121 Å². The molecule has 4 nitrogen and oxygen atoms in total. The Morgan fingerprint density at radius 2 is 0.727 bits per heavy atom. The van der Waals surface area contributed by atoms with Crippen LogP contribution in [-0.2, 0) is 4.57 Å². The van der Waals surface area contributed by atoms with E-state index in [0.717, 1.165) is 0 Å². The van der Waals surface area contributed by atoms with E-state index in [4.69, 9.17) is 19.2 Å². The van der Waals surface area contributed by atoms with Crippen molar-refractivity contribution in [2.45, 2.75) is 0 Å². The predicted octanol–water partition coefficient (Wildman–Crippen LogP) is -14.6. The van der Waals surface area contributed by atoms with Gasteiger partial charge in [-0.2, -0.15) is 7.82 Å². The Labute approximate surface area is 222 Å². The molecule has 0 unspecified atom stereocenters. The van der Waals surface area contributed by atoms with E-state index in [-0.39, 0.29) is 202 Å². The molecular formula is H6Ca3Na3O4P. The van der Waals surface area contributed by atoms with Crippen molar-refractivity contribution in [2.24, 2.45) is 0 Å². The molecule has 0 atom stereocenters. The molecule has 0 bridgehead atoms. The molecule has 11 heteroatoms. The summed E-state index contributed by atoms with van der Waals surface area (Å²) < 4.78 is 8.55. The summed E-state index contributed by atoms with van der Waals surface area (Å²) in [5, 5.41) is 0. The fraction of sp³-hybridized carbons (Fsp3) is 0. The molecule has 0 N–H and O–H groups in total. The summed E-state index contributed by atoms with van der Waals surface area (Å²) in [4.78, 5) is 25.6. The van der Waals surface area contributed by atoms with Gasteiger partial charge in [-0.3, -0.25) is 0 Å². The van der Waals surface area contributed by atoms with Gasteiger partial charge in [-0.05, 0) is 0 Å². The van der Waals surface area contributed by atoms with Crippen LogP contribution in [0.2, 0.25) is 0 Å². The van der Waals surface area contributed by atoms with Gasteiger partial charge in [0.05, 0.1) is 0 Å². The van der Waals surface area contributed by atoms with Gasteiger partial charge in [-0.25, -0.2) is 0 Å². The van der Waals surface area contributed by atoms with Gasteiger partial charge in [-0.15, -0.1) is 0 Å². The Morgan fingerprint density at radius 1 is 0.727 bits per heavy atom. The Hall–Kier alpha value is 6.89. The summed E-state index contributed by atoms with van der Waals surface area (Å²) in [5.74, 6) is 0. The average molecular weight is 290 g/mol. The molecule has 0 heterocycles. The Bertz CT molecular complexity index is 66.7. The smallest absolute Gasteiger partial charge is 1.00 e. The maximum absolute atomic E-state index is 8.55. The molecule has 0 saturated heterocycles. The second-order valence-electron chi connectivity index (χ2n) is 0.447. The molecule has 0 radical (unpaired) electrons. The molecule has 0 spiro atoms. The van der Waals surface area contributed by atoms with Crippen molar-refractivity contribution in [3.05, 3.63) is 0 Å². The van der Waals surface area contributed by atoms with Gasteiger partial charge in [0.15, 0.2) is 0 Å². The summed E-state index contributed by atoms with van der Waals surface area (Å²) in [5.41, 5.74) is 0. The van der Waals surface area contributed by atoms with Crippen LogP contribution in [0.3, 0.4) is 0 Å². The average Bonchev–Trinajstić information content (AvgIpc) is 0.722. The van der Waals surface area contributed by atoms with Gasteiger partial charge >= 0.3 is 202 Å². The van der Waals surface area contributed by atoms with E-state index in [1.54, 1.807) is 0 Å². The van der Waals surface area contributed by atoms with Gasteiger partial charge in [0.1, 0.15) is 0 Å². The molecule has 0 aromatic heterocycles. The van der Waals surface area contributed by atoms with Crippen LogP contribution in [0, 0.1) is 0 Å². The molecular weight excluding hydrogens is 284 g/mol. The van der Waals surface area contributed by atoms with Crippen LogP contribution in [0.4, 0.5) is 0 Å². The Morgan fingerprint density at radius 3 is 0.727 bits per heavy atom. The number of hydrogen-bond acceptors (Lipinski definition) is 4. The van der Waals surface area contributed by atoms with Crippen LogP contribution in [0.15, 0.2) is 0 Å². The minimum atomic E-state index is -5.39. The minimum absolute atomic E-state index is 0. The number of hydrogen-bond donors (Lipinski definition) is 0. The molecule has 0 aliphatic rings. The van der Waals surface area contributed by atoms with Crippen molar-refractivity contribution in [1.82, 2.24) is 0 Å². The summed E-state index contributed by atoms with van der Waals surface area (Å²) in [7, 11) is -5.39. The van der Waals surface area contributed by atoms with Gasteiger partial charge in [-0.1, -0.05) is 0 Å². The minimum Gasteiger partial charge on any atom is 1.00 e. The second-order valence-corrected chi connectivity index (χ2v) is 1.34. The molecule has 11 heavy (non-hydrogen) atoms. The molecule has 0 saturated carbocycles. The molecule has 0 rings (SSSR count). The van der Waals surface area contributed by atoms with E-state index < -0.39 is 7.82 Å². The first-order chi connectivity index (χ1) is 2.00. The summed E-state index contributed by atoms with van der Waals surface area (Å²) in [6.07, 6.45) is 0. The topological polar surface area (TPSA) is 86.2 Å². The quantitative estimate of drug-likeness (QED) is 0.327. The summed E-state index contributed by atoms with van der Waals surface area (Å²) in [6.45, 7) is 0. The summed E-state index contributed by atoms with van der Waals surface area (Å²) >= 11 is 0. The molecule has 0 amide bonds. The maximum atomic E-state index is 8.55. The van der Waals surface area contributed by atoms with Crippen LogP contribution in [0.25, 0.3) is 0 Å². The first kappa shape index (κ1) is 43.0. The number of rotatable bonds is 0. The first-order valence-corrected chi connectivity index (χ1v) is 2.19. The standard InChI is InChI=1S/3Ca.3Na.H3O4P.6H/c;;;;;;1-5(2,3)4;;;;;;/h;;;;;;(H3,1,2,3,4);;;;;;/q;;;3*+1;;;;;;;/p-3. The zero-order valence-corrected chi connectivity index (χ0v) is 12.0. The zero-order valence-electron chi connectivity index (χ0n) is 5.08. The monoisotopic (exact) mass is 290 g/mol. The van der Waals surface area contributed by atoms with Gasteiger partial charge in [0.25, 0.3) is 0 Å². The SMILES string of the molecule is O=P([O-])([O-])[O-].[CaH2].[CaH2].[CaH2].[Na+].[Na+].[Na+]. The van der Waals surface area contributed by atoms with E-state index >= 15 is 0 Å². The van der Waals surface area contributed by atoms with Crippen molar-refractivity contribution in [3.63, 3.8) is 0 Å². The molecule has 0 aromatic rings. The fourth-order valence-electron chi connectivity index (χ4n) is 0. The maximum Gasteiger partial charge on any atom is 1.00 e. The largest absolute Gasteiger partial charge is 1.00 e. The van der Waals surface area contributed by atoms with E-state index in [0.29, 0.717) is 0 Å². The van der Waals surface area contributed by atoms with E-state index in [1.807, 2.05) is 0 Å². The molecule has 0 aromatic carbocycles. The van der Waals surface area contributed by atoms with Crippen molar-refractivity contribution in [2.75, 3.05) is 0 Å². The third-order valence-electron chi connectivity index (χ3n) is 0. The van der Waals surface area contributed by atoms with Gasteiger partial charge in [0.2, 0.25) is 0 Å². The fourth-order valence-corrected chi connectivity index (χ4v) is 0. The number of phosphoric acid groups is 1. The van der Waals surface area contributed by atoms with Crippen LogP contribution >= 0.6 is 7.82 Å². The van der Waals surface area contributed by atoms with Crippen LogP contribution in [0.1, 0.15) is 0 Å². The molecule has 44 valence electrons. The van der Waals surface area contributed by atoms with Gasteiger partial charge in [0, 0.05) is 0 Å². The van der Waals surface area contributed by atoms with E-state index in [2.05, 4.69) is 0 Å². The van der Waals surface area contributed by atoms with E-state index in [1.165, 1.54) is 0 Å². The Balaban J connectivity index is -0.00000000533. The Kier molecular flexibility index (Phi) is 100. The first-order valence-electron chi connectivity index (χ1n) is 0.730.